The Hall–Kier alpha value is -3.09. The van der Waals surface area contributed by atoms with Crippen LogP contribution in [0.4, 0.5) is 8.78 Å². The Bertz CT molecular complexity index is 1050. The minimum Gasteiger partial charge on any atom is -0.478 e. The molecule has 3 aromatic rings. The van der Waals surface area contributed by atoms with Gasteiger partial charge >= 0.3 is 11.9 Å². The summed E-state index contributed by atoms with van der Waals surface area (Å²) in [4.78, 5) is 15.7. The molecule has 31 heavy (non-hydrogen) atoms. The van der Waals surface area contributed by atoms with Gasteiger partial charge in [0, 0.05) is 12.8 Å². The van der Waals surface area contributed by atoms with Gasteiger partial charge in [0.05, 0.1) is 11.6 Å². The SMILES string of the molecule is CCCC(F)(F)c1nc(Cc2ccc(-c3ccccc3C(=O)O)cc2)n(C(C)CC)n1. The lowest BCUT2D eigenvalue weighted by atomic mass is 9.98. The van der Waals surface area contributed by atoms with Gasteiger partial charge in [0.25, 0.3) is 0 Å². The van der Waals surface area contributed by atoms with Gasteiger partial charge in [0.2, 0.25) is 5.82 Å². The number of aromatic nitrogens is 3. The van der Waals surface area contributed by atoms with Crippen molar-refractivity contribution in [2.24, 2.45) is 0 Å². The molecule has 0 radical (unpaired) electrons. The van der Waals surface area contributed by atoms with Crippen LogP contribution < -0.4 is 0 Å². The fraction of sp³-hybridized carbons (Fsp3) is 0.375. The van der Waals surface area contributed by atoms with Crippen LogP contribution in [0.1, 0.15) is 73.6 Å². The Kier molecular flexibility index (Phi) is 6.83. The summed E-state index contributed by atoms with van der Waals surface area (Å²) in [7, 11) is 0. The predicted molar refractivity (Wildman–Crippen MR) is 115 cm³/mol. The van der Waals surface area contributed by atoms with E-state index in [-0.39, 0.29) is 18.0 Å². The maximum atomic E-state index is 14.4. The summed E-state index contributed by atoms with van der Waals surface area (Å²) in [5, 5.41) is 13.6. The molecule has 0 fully saturated rings. The standard InChI is InChI=1S/C24H27F2N3O2/c1-4-14-24(25,26)23-27-21(29(28-23)16(3)5-2)15-17-10-12-18(13-11-17)19-8-6-7-9-20(19)22(30)31/h6-13,16H,4-5,14-15H2,1-3H3,(H,30,31). The highest BCUT2D eigenvalue weighted by atomic mass is 19.3. The number of rotatable bonds is 9. The summed E-state index contributed by atoms with van der Waals surface area (Å²) in [6.07, 6.45) is 1.18. The van der Waals surface area contributed by atoms with E-state index in [4.69, 9.17) is 0 Å². The largest absolute Gasteiger partial charge is 0.478 e. The van der Waals surface area contributed by atoms with Gasteiger partial charge in [0.15, 0.2) is 0 Å². The molecule has 0 aliphatic rings. The smallest absolute Gasteiger partial charge is 0.336 e. The van der Waals surface area contributed by atoms with Crippen molar-refractivity contribution in [2.45, 2.75) is 58.4 Å². The third-order valence-electron chi connectivity index (χ3n) is 5.39. The second-order valence-corrected chi connectivity index (χ2v) is 7.73. The normalized spacial score (nSPS) is 12.7. The number of nitrogens with zero attached hydrogens (tertiary/aromatic N) is 3. The predicted octanol–water partition coefficient (Wildman–Crippen LogP) is 6.10. The summed E-state index contributed by atoms with van der Waals surface area (Å²) < 4.78 is 30.4. The first-order valence-corrected chi connectivity index (χ1v) is 10.5. The lowest BCUT2D eigenvalue weighted by Gasteiger charge is -2.13. The number of hydrogen-bond donors (Lipinski definition) is 1. The molecular formula is C24H27F2N3O2. The van der Waals surface area contributed by atoms with Gasteiger partial charge < -0.3 is 5.11 Å². The van der Waals surface area contributed by atoms with E-state index in [2.05, 4.69) is 10.1 Å². The summed E-state index contributed by atoms with van der Waals surface area (Å²) >= 11 is 0. The molecule has 0 saturated heterocycles. The molecule has 1 aromatic heterocycles. The lowest BCUT2D eigenvalue weighted by Crippen LogP contribution is -2.16. The Morgan fingerprint density at radius 3 is 2.42 bits per heavy atom. The van der Waals surface area contributed by atoms with E-state index < -0.39 is 17.7 Å². The van der Waals surface area contributed by atoms with Gasteiger partial charge in [0.1, 0.15) is 5.82 Å². The zero-order valence-corrected chi connectivity index (χ0v) is 18.0. The van der Waals surface area contributed by atoms with E-state index in [0.717, 1.165) is 17.5 Å². The highest BCUT2D eigenvalue weighted by molar-refractivity contribution is 5.95. The molecule has 0 spiro atoms. The molecule has 0 amide bonds. The molecule has 5 nitrogen and oxygen atoms in total. The lowest BCUT2D eigenvalue weighted by molar-refractivity contribution is -0.0233. The van der Waals surface area contributed by atoms with Crippen LogP contribution in [0.5, 0.6) is 0 Å². The Morgan fingerprint density at radius 1 is 1.13 bits per heavy atom. The van der Waals surface area contributed by atoms with Crippen LogP contribution in [0.15, 0.2) is 48.5 Å². The van der Waals surface area contributed by atoms with Gasteiger partial charge in [-0.05, 0) is 42.5 Å². The maximum Gasteiger partial charge on any atom is 0.336 e. The van der Waals surface area contributed by atoms with Gasteiger partial charge in [-0.1, -0.05) is 56.3 Å². The molecule has 1 unspecified atom stereocenters. The number of carboxylic acid groups (broad SMARTS) is 1. The average molecular weight is 427 g/mol. The summed E-state index contributed by atoms with van der Waals surface area (Å²) in [5.41, 5.74) is 2.53. The number of carboxylic acids is 1. The molecule has 1 heterocycles. The van der Waals surface area contributed by atoms with Crippen molar-refractivity contribution in [3.05, 3.63) is 71.3 Å². The van der Waals surface area contributed by atoms with Crippen molar-refractivity contribution in [1.29, 1.82) is 0 Å². The highest BCUT2D eigenvalue weighted by Crippen LogP contribution is 2.32. The van der Waals surface area contributed by atoms with Gasteiger partial charge in [-0.2, -0.15) is 8.78 Å². The van der Waals surface area contributed by atoms with E-state index >= 15 is 0 Å². The van der Waals surface area contributed by atoms with Crippen molar-refractivity contribution in [3.63, 3.8) is 0 Å². The van der Waals surface area contributed by atoms with Crippen LogP contribution in [0.3, 0.4) is 0 Å². The van der Waals surface area contributed by atoms with Gasteiger partial charge in [-0.15, -0.1) is 5.10 Å². The first-order chi connectivity index (χ1) is 14.8. The summed E-state index contributed by atoms with van der Waals surface area (Å²) in [6.45, 7) is 5.63. The molecule has 1 N–H and O–H groups in total. The van der Waals surface area contributed by atoms with Crippen molar-refractivity contribution >= 4 is 5.97 Å². The summed E-state index contributed by atoms with van der Waals surface area (Å²) in [5.74, 6) is -3.95. The molecular weight excluding hydrogens is 400 g/mol. The Balaban J connectivity index is 1.91. The fourth-order valence-corrected chi connectivity index (χ4v) is 3.49. The van der Waals surface area contributed by atoms with Gasteiger partial charge in [-0.25, -0.2) is 14.5 Å². The van der Waals surface area contributed by atoms with Crippen LogP contribution in [0.25, 0.3) is 11.1 Å². The van der Waals surface area contributed by atoms with E-state index in [1.165, 1.54) is 0 Å². The number of aromatic carboxylic acids is 1. The number of hydrogen-bond acceptors (Lipinski definition) is 3. The minimum absolute atomic E-state index is 0.0459. The Labute approximate surface area is 180 Å². The number of carbonyl (C=O) groups is 1. The van der Waals surface area contributed by atoms with Crippen molar-refractivity contribution in [2.75, 3.05) is 0 Å². The topological polar surface area (TPSA) is 68.0 Å². The molecule has 0 saturated carbocycles. The molecule has 2 aromatic carbocycles. The van der Waals surface area contributed by atoms with E-state index in [0.29, 0.717) is 24.2 Å². The quantitative estimate of drug-likeness (QED) is 0.448. The van der Waals surface area contributed by atoms with E-state index in [9.17, 15) is 18.7 Å². The van der Waals surface area contributed by atoms with Crippen molar-refractivity contribution < 1.29 is 18.7 Å². The van der Waals surface area contributed by atoms with Gasteiger partial charge in [-0.3, -0.25) is 0 Å². The third-order valence-corrected chi connectivity index (χ3v) is 5.39. The van der Waals surface area contributed by atoms with E-state index in [1.807, 2.05) is 38.1 Å². The van der Waals surface area contributed by atoms with Crippen LogP contribution in [0, 0.1) is 0 Å². The zero-order chi connectivity index (χ0) is 22.6. The van der Waals surface area contributed by atoms with Crippen LogP contribution in [-0.4, -0.2) is 25.8 Å². The van der Waals surface area contributed by atoms with Crippen LogP contribution in [-0.2, 0) is 12.3 Å². The molecule has 0 bridgehead atoms. The van der Waals surface area contributed by atoms with Crippen molar-refractivity contribution in [1.82, 2.24) is 14.8 Å². The zero-order valence-electron chi connectivity index (χ0n) is 18.0. The molecule has 7 heteroatoms. The van der Waals surface area contributed by atoms with Crippen LogP contribution in [0.2, 0.25) is 0 Å². The Morgan fingerprint density at radius 2 is 1.81 bits per heavy atom. The van der Waals surface area contributed by atoms with E-state index in [1.54, 1.807) is 35.9 Å². The maximum absolute atomic E-state index is 14.4. The molecule has 0 aliphatic carbocycles. The van der Waals surface area contributed by atoms with Crippen LogP contribution >= 0.6 is 0 Å². The first-order valence-electron chi connectivity index (χ1n) is 10.5. The fourth-order valence-electron chi connectivity index (χ4n) is 3.49. The second kappa shape index (κ2) is 9.37. The summed E-state index contributed by atoms with van der Waals surface area (Å²) in [6, 6.07) is 14.2. The monoisotopic (exact) mass is 427 g/mol. The average Bonchev–Trinajstić information content (AvgIpc) is 3.18. The highest BCUT2D eigenvalue weighted by Gasteiger charge is 2.36. The number of halogens is 2. The second-order valence-electron chi connectivity index (χ2n) is 7.73. The van der Waals surface area contributed by atoms with Crippen molar-refractivity contribution in [3.8, 4) is 11.1 Å². The number of alkyl halides is 2. The molecule has 164 valence electrons. The molecule has 1 atom stereocenters. The third kappa shape index (κ3) is 4.98. The number of benzene rings is 2. The minimum atomic E-state index is -3.05. The first kappa shape index (κ1) is 22.6. The molecule has 3 rings (SSSR count). The molecule has 0 aliphatic heterocycles.